The molecule has 5 heteroatoms. The molecule has 0 saturated heterocycles. The van der Waals surface area contributed by atoms with Crippen LogP contribution in [-0.4, -0.2) is 17.6 Å². The van der Waals surface area contributed by atoms with Crippen LogP contribution in [0.4, 0.5) is 5.69 Å². The summed E-state index contributed by atoms with van der Waals surface area (Å²) >= 11 is 0. The number of nitrogens with one attached hydrogen (secondary N) is 1. The van der Waals surface area contributed by atoms with Crippen molar-refractivity contribution >= 4 is 24.0 Å². The van der Waals surface area contributed by atoms with Crippen LogP contribution in [0.2, 0.25) is 0 Å². The Bertz CT molecular complexity index is 509. The van der Waals surface area contributed by atoms with Crippen molar-refractivity contribution in [2.45, 2.75) is 63.0 Å². The standard InChI is InChI=1S/C17H24N2O2.ClH/c18-17(10-3-4-11-17)16(20)19-13-6-5-9-15(12-13)21-14-7-1-2-8-14;/h5-6,9,12,14H,1-4,7-8,10-11,18H2,(H,19,20);1H. The molecule has 0 atom stereocenters. The van der Waals surface area contributed by atoms with Crippen LogP contribution in [0.3, 0.4) is 0 Å². The summed E-state index contributed by atoms with van der Waals surface area (Å²) in [5.74, 6) is 0.759. The number of carbonyl (C=O) groups excluding carboxylic acids is 1. The van der Waals surface area contributed by atoms with Crippen molar-refractivity contribution in [2.75, 3.05) is 5.32 Å². The third-order valence-corrected chi connectivity index (χ3v) is 4.64. The molecule has 0 aliphatic heterocycles. The lowest BCUT2D eigenvalue weighted by Crippen LogP contribution is -2.48. The Balaban J connectivity index is 0.00000176. The van der Waals surface area contributed by atoms with E-state index < -0.39 is 5.54 Å². The minimum Gasteiger partial charge on any atom is -0.490 e. The summed E-state index contributed by atoms with van der Waals surface area (Å²) in [4.78, 5) is 12.3. The highest BCUT2D eigenvalue weighted by Gasteiger charge is 2.36. The number of carbonyl (C=O) groups is 1. The average Bonchev–Trinajstić information content (AvgIpc) is 3.12. The van der Waals surface area contributed by atoms with Crippen LogP contribution in [0.25, 0.3) is 0 Å². The number of hydrogen-bond donors (Lipinski definition) is 2. The predicted octanol–water partition coefficient (Wildman–Crippen LogP) is 3.64. The van der Waals surface area contributed by atoms with Crippen LogP contribution in [0.1, 0.15) is 51.4 Å². The van der Waals surface area contributed by atoms with Crippen LogP contribution < -0.4 is 15.8 Å². The number of amides is 1. The Morgan fingerprint density at radius 3 is 2.55 bits per heavy atom. The number of ether oxygens (including phenoxy) is 1. The van der Waals surface area contributed by atoms with Gasteiger partial charge in [-0.05, 0) is 50.7 Å². The minimum absolute atomic E-state index is 0. The number of hydrogen-bond acceptors (Lipinski definition) is 3. The van der Waals surface area contributed by atoms with Crippen LogP contribution in [0, 0.1) is 0 Å². The third kappa shape index (κ3) is 3.93. The van der Waals surface area contributed by atoms with E-state index in [0.29, 0.717) is 6.10 Å². The van der Waals surface area contributed by atoms with Gasteiger partial charge in [-0.15, -0.1) is 12.4 Å². The normalized spacial score (nSPS) is 20.4. The Labute approximate surface area is 138 Å². The number of rotatable bonds is 4. The molecule has 3 N–H and O–H groups in total. The second-order valence-corrected chi connectivity index (χ2v) is 6.37. The second-order valence-electron chi connectivity index (χ2n) is 6.37. The van der Waals surface area contributed by atoms with E-state index in [9.17, 15) is 4.79 Å². The van der Waals surface area contributed by atoms with Gasteiger partial charge in [0.15, 0.2) is 0 Å². The summed E-state index contributed by atoms with van der Waals surface area (Å²) in [5.41, 5.74) is 6.26. The maximum atomic E-state index is 12.3. The van der Waals surface area contributed by atoms with Gasteiger partial charge in [-0.3, -0.25) is 4.79 Å². The zero-order valence-electron chi connectivity index (χ0n) is 12.8. The monoisotopic (exact) mass is 324 g/mol. The Kier molecular flexibility index (Phi) is 5.70. The molecule has 2 fully saturated rings. The van der Waals surface area contributed by atoms with E-state index in [1.165, 1.54) is 12.8 Å². The molecule has 0 heterocycles. The van der Waals surface area contributed by atoms with Crippen molar-refractivity contribution < 1.29 is 9.53 Å². The van der Waals surface area contributed by atoms with Gasteiger partial charge < -0.3 is 15.8 Å². The van der Waals surface area contributed by atoms with E-state index in [1.807, 2.05) is 24.3 Å². The van der Waals surface area contributed by atoms with E-state index in [0.717, 1.165) is 50.0 Å². The first kappa shape index (κ1) is 17.1. The maximum absolute atomic E-state index is 12.3. The van der Waals surface area contributed by atoms with Gasteiger partial charge in [0.2, 0.25) is 5.91 Å². The third-order valence-electron chi connectivity index (χ3n) is 4.64. The Hall–Kier alpha value is -1.26. The SMILES string of the molecule is Cl.NC1(C(=O)Nc2cccc(OC3CCCC3)c2)CCCC1. The van der Waals surface area contributed by atoms with E-state index in [-0.39, 0.29) is 18.3 Å². The molecule has 122 valence electrons. The average molecular weight is 325 g/mol. The molecule has 0 spiro atoms. The molecule has 2 aliphatic rings. The van der Waals surface area contributed by atoms with Crippen LogP contribution >= 0.6 is 12.4 Å². The van der Waals surface area contributed by atoms with E-state index in [1.54, 1.807) is 0 Å². The van der Waals surface area contributed by atoms with Crippen molar-refractivity contribution in [1.82, 2.24) is 0 Å². The zero-order chi connectivity index (χ0) is 14.7. The summed E-state index contributed by atoms with van der Waals surface area (Å²) in [7, 11) is 0. The Morgan fingerprint density at radius 1 is 1.18 bits per heavy atom. The number of halogens is 1. The lowest BCUT2D eigenvalue weighted by molar-refractivity contribution is -0.121. The van der Waals surface area contributed by atoms with Gasteiger partial charge in [0, 0.05) is 11.8 Å². The zero-order valence-corrected chi connectivity index (χ0v) is 13.7. The van der Waals surface area contributed by atoms with Crippen molar-refractivity contribution in [2.24, 2.45) is 5.73 Å². The lowest BCUT2D eigenvalue weighted by Gasteiger charge is -2.22. The fourth-order valence-electron chi connectivity index (χ4n) is 3.33. The van der Waals surface area contributed by atoms with Crippen LogP contribution in [-0.2, 0) is 4.79 Å². The molecule has 4 nitrogen and oxygen atoms in total. The summed E-state index contributed by atoms with van der Waals surface area (Å²) in [5, 5.41) is 2.95. The molecular weight excluding hydrogens is 300 g/mol. The molecule has 1 aromatic rings. The summed E-state index contributed by atoms with van der Waals surface area (Å²) in [6.45, 7) is 0. The highest BCUT2D eigenvalue weighted by Crippen LogP contribution is 2.29. The lowest BCUT2D eigenvalue weighted by atomic mass is 9.98. The van der Waals surface area contributed by atoms with E-state index in [4.69, 9.17) is 10.5 Å². The molecule has 0 bridgehead atoms. The molecule has 1 amide bonds. The molecule has 0 radical (unpaired) electrons. The van der Waals surface area contributed by atoms with Gasteiger partial charge in [-0.25, -0.2) is 0 Å². The van der Waals surface area contributed by atoms with Crippen LogP contribution in [0.15, 0.2) is 24.3 Å². The molecule has 1 aromatic carbocycles. The quantitative estimate of drug-likeness (QED) is 0.888. The smallest absolute Gasteiger partial charge is 0.244 e. The first-order chi connectivity index (χ1) is 10.2. The van der Waals surface area contributed by atoms with E-state index >= 15 is 0 Å². The second kappa shape index (κ2) is 7.34. The van der Waals surface area contributed by atoms with Gasteiger partial charge in [-0.1, -0.05) is 18.9 Å². The highest BCUT2D eigenvalue weighted by atomic mass is 35.5. The predicted molar refractivity (Wildman–Crippen MR) is 90.6 cm³/mol. The molecule has 0 unspecified atom stereocenters. The molecule has 3 rings (SSSR count). The molecule has 2 aliphatic carbocycles. The molecule has 0 aromatic heterocycles. The van der Waals surface area contributed by atoms with Crippen molar-refractivity contribution in [1.29, 1.82) is 0 Å². The van der Waals surface area contributed by atoms with Crippen molar-refractivity contribution in [3.05, 3.63) is 24.3 Å². The summed E-state index contributed by atoms with van der Waals surface area (Å²) in [6.07, 6.45) is 8.70. The minimum atomic E-state index is -0.692. The fourth-order valence-corrected chi connectivity index (χ4v) is 3.33. The molecule has 22 heavy (non-hydrogen) atoms. The largest absolute Gasteiger partial charge is 0.490 e. The number of anilines is 1. The van der Waals surface area contributed by atoms with Gasteiger partial charge in [0.05, 0.1) is 11.6 Å². The fraction of sp³-hybridized carbons (Fsp3) is 0.588. The Morgan fingerprint density at radius 2 is 1.86 bits per heavy atom. The van der Waals surface area contributed by atoms with Crippen LogP contribution in [0.5, 0.6) is 5.75 Å². The van der Waals surface area contributed by atoms with Gasteiger partial charge in [-0.2, -0.15) is 0 Å². The molecule has 2 saturated carbocycles. The first-order valence-electron chi connectivity index (χ1n) is 8.03. The topological polar surface area (TPSA) is 64.4 Å². The maximum Gasteiger partial charge on any atom is 0.244 e. The molecular formula is C17H25ClN2O2. The highest BCUT2D eigenvalue weighted by molar-refractivity contribution is 5.98. The van der Waals surface area contributed by atoms with E-state index in [2.05, 4.69) is 5.32 Å². The van der Waals surface area contributed by atoms with Crippen molar-refractivity contribution in [3.63, 3.8) is 0 Å². The summed E-state index contributed by atoms with van der Waals surface area (Å²) in [6, 6.07) is 7.64. The number of nitrogens with two attached hydrogens (primary N) is 1. The summed E-state index contributed by atoms with van der Waals surface area (Å²) < 4.78 is 5.97. The van der Waals surface area contributed by atoms with Gasteiger partial charge in [0.25, 0.3) is 0 Å². The van der Waals surface area contributed by atoms with Gasteiger partial charge in [0.1, 0.15) is 5.75 Å². The first-order valence-corrected chi connectivity index (χ1v) is 8.03. The van der Waals surface area contributed by atoms with Crippen molar-refractivity contribution in [3.8, 4) is 5.75 Å². The van der Waals surface area contributed by atoms with Gasteiger partial charge >= 0.3 is 0 Å². The number of benzene rings is 1.